The van der Waals surface area contributed by atoms with Gasteiger partial charge in [0.1, 0.15) is 0 Å². The second kappa shape index (κ2) is 6.67. The smallest absolute Gasteiger partial charge is 0.0549 e. The van der Waals surface area contributed by atoms with Crippen molar-refractivity contribution in [3.8, 4) is 0 Å². The van der Waals surface area contributed by atoms with Crippen molar-refractivity contribution in [2.45, 2.75) is 33.1 Å². The van der Waals surface area contributed by atoms with E-state index in [0.29, 0.717) is 12.5 Å². The number of nitrogens with zero attached hydrogens (tertiary/aromatic N) is 1. The van der Waals surface area contributed by atoms with Crippen LogP contribution in [0.25, 0.3) is 0 Å². The molecule has 0 saturated carbocycles. The van der Waals surface area contributed by atoms with E-state index in [9.17, 15) is 0 Å². The molecule has 20 heavy (non-hydrogen) atoms. The maximum atomic E-state index is 5.39. The number of benzene rings is 1. The predicted octanol–water partition coefficient (Wildman–Crippen LogP) is 3.98. The lowest BCUT2D eigenvalue weighted by molar-refractivity contribution is 0.177. The van der Waals surface area contributed by atoms with Crippen LogP contribution in [0.3, 0.4) is 0 Å². The molecule has 1 aromatic carbocycles. The number of rotatable bonds is 5. The summed E-state index contributed by atoms with van der Waals surface area (Å²) in [6.45, 7) is 6.98. The molecule has 0 fully saturated rings. The number of pyridine rings is 1. The van der Waals surface area contributed by atoms with Gasteiger partial charge in [-0.2, -0.15) is 0 Å². The zero-order chi connectivity index (χ0) is 14.5. The molecule has 0 aliphatic carbocycles. The number of methoxy groups -OCH3 is 1. The van der Waals surface area contributed by atoms with Crippen LogP contribution in [0.15, 0.2) is 36.4 Å². The average Bonchev–Trinajstić information content (AvgIpc) is 2.39. The van der Waals surface area contributed by atoms with Gasteiger partial charge in [-0.15, -0.1) is 0 Å². The monoisotopic (exact) mass is 269 g/mol. The number of aryl methyl sites for hydroxylation is 3. The zero-order valence-corrected chi connectivity index (χ0v) is 12.8. The van der Waals surface area contributed by atoms with E-state index in [-0.39, 0.29) is 0 Å². The van der Waals surface area contributed by atoms with E-state index in [4.69, 9.17) is 4.74 Å². The molecule has 0 N–H and O–H groups in total. The summed E-state index contributed by atoms with van der Waals surface area (Å²) >= 11 is 0. The van der Waals surface area contributed by atoms with Crippen LogP contribution >= 0.6 is 0 Å². The maximum absolute atomic E-state index is 5.39. The fourth-order valence-electron chi connectivity index (χ4n) is 2.54. The summed E-state index contributed by atoms with van der Waals surface area (Å²) in [5.41, 5.74) is 6.09. The summed E-state index contributed by atoms with van der Waals surface area (Å²) in [4.78, 5) is 4.69. The SMILES string of the molecule is COCC(Cc1ccc(C)cc1)c1cc(C)cc(C)n1. The van der Waals surface area contributed by atoms with Crippen LogP contribution in [0.2, 0.25) is 0 Å². The molecule has 2 aromatic rings. The molecule has 2 nitrogen and oxygen atoms in total. The van der Waals surface area contributed by atoms with Gasteiger partial charge in [-0.1, -0.05) is 29.8 Å². The molecule has 0 radical (unpaired) electrons. The third-order valence-corrected chi connectivity index (χ3v) is 3.51. The molecular formula is C18H23NO. The number of aromatic nitrogens is 1. The summed E-state index contributed by atoms with van der Waals surface area (Å²) in [6.07, 6.45) is 0.962. The third-order valence-electron chi connectivity index (χ3n) is 3.51. The highest BCUT2D eigenvalue weighted by Crippen LogP contribution is 2.21. The first-order chi connectivity index (χ1) is 9.58. The van der Waals surface area contributed by atoms with Crippen molar-refractivity contribution >= 4 is 0 Å². The first kappa shape index (κ1) is 14.7. The fourth-order valence-corrected chi connectivity index (χ4v) is 2.54. The summed E-state index contributed by atoms with van der Waals surface area (Å²) < 4.78 is 5.39. The fraction of sp³-hybridized carbons (Fsp3) is 0.389. The average molecular weight is 269 g/mol. The minimum atomic E-state index is 0.307. The number of hydrogen-bond acceptors (Lipinski definition) is 2. The van der Waals surface area contributed by atoms with E-state index in [1.165, 1.54) is 16.7 Å². The van der Waals surface area contributed by atoms with Crippen molar-refractivity contribution in [3.05, 3.63) is 64.5 Å². The quantitative estimate of drug-likeness (QED) is 0.819. The molecule has 2 heteroatoms. The second-order valence-corrected chi connectivity index (χ2v) is 5.55. The highest BCUT2D eigenvalue weighted by molar-refractivity contribution is 5.26. The standard InChI is InChI=1S/C18H23NO/c1-13-5-7-16(8-6-13)11-17(12-20-4)18-10-14(2)9-15(3)19-18/h5-10,17H,11-12H2,1-4H3. The van der Waals surface area contributed by atoms with Gasteiger partial charge in [0.2, 0.25) is 0 Å². The normalized spacial score (nSPS) is 12.4. The molecule has 0 spiro atoms. The minimum absolute atomic E-state index is 0.307. The maximum Gasteiger partial charge on any atom is 0.0549 e. The van der Waals surface area contributed by atoms with Crippen LogP contribution in [-0.4, -0.2) is 18.7 Å². The van der Waals surface area contributed by atoms with Crippen LogP contribution < -0.4 is 0 Å². The first-order valence-corrected chi connectivity index (χ1v) is 7.08. The summed E-state index contributed by atoms with van der Waals surface area (Å²) in [5.74, 6) is 0.307. The van der Waals surface area contributed by atoms with E-state index in [0.717, 1.165) is 17.8 Å². The largest absolute Gasteiger partial charge is 0.384 e. The topological polar surface area (TPSA) is 22.1 Å². The molecule has 0 bridgehead atoms. The van der Waals surface area contributed by atoms with Crippen LogP contribution in [0.1, 0.15) is 34.0 Å². The van der Waals surface area contributed by atoms with Gasteiger partial charge in [-0.05, 0) is 50.5 Å². The van der Waals surface area contributed by atoms with E-state index in [1.54, 1.807) is 7.11 Å². The van der Waals surface area contributed by atoms with Gasteiger partial charge in [-0.3, -0.25) is 4.98 Å². The Morgan fingerprint density at radius 1 is 1.00 bits per heavy atom. The molecule has 0 aliphatic heterocycles. The molecule has 0 aliphatic rings. The Labute approximate surface area is 121 Å². The van der Waals surface area contributed by atoms with Gasteiger partial charge in [0.25, 0.3) is 0 Å². The van der Waals surface area contributed by atoms with Gasteiger partial charge in [0.15, 0.2) is 0 Å². The highest BCUT2D eigenvalue weighted by Gasteiger charge is 2.14. The van der Waals surface area contributed by atoms with E-state index < -0.39 is 0 Å². The molecular weight excluding hydrogens is 246 g/mol. The van der Waals surface area contributed by atoms with E-state index in [1.807, 2.05) is 6.92 Å². The van der Waals surface area contributed by atoms with Crippen molar-refractivity contribution in [2.24, 2.45) is 0 Å². The van der Waals surface area contributed by atoms with Gasteiger partial charge in [0.05, 0.1) is 6.61 Å². The van der Waals surface area contributed by atoms with Crippen molar-refractivity contribution in [2.75, 3.05) is 13.7 Å². The second-order valence-electron chi connectivity index (χ2n) is 5.55. The van der Waals surface area contributed by atoms with Crippen molar-refractivity contribution in [3.63, 3.8) is 0 Å². The lowest BCUT2D eigenvalue weighted by Gasteiger charge is -2.17. The molecule has 2 rings (SSSR count). The third kappa shape index (κ3) is 3.91. The molecule has 1 unspecified atom stereocenters. The lowest BCUT2D eigenvalue weighted by atomic mass is 9.95. The zero-order valence-electron chi connectivity index (χ0n) is 12.8. The van der Waals surface area contributed by atoms with E-state index in [2.05, 4.69) is 55.2 Å². The minimum Gasteiger partial charge on any atom is -0.384 e. The Bertz CT molecular complexity index is 540. The van der Waals surface area contributed by atoms with Crippen molar-refractivity contribution < 1.29 is 4.74 Å². The van der Waals surface area contributed by atoms with Gasteiger partial charge in [0, 0.05) is 24.4 Å². The van der Waals surface area contributed by atoms with Gasteiger partial charge >= 0.3 is 0 Å². The summed E-state index contributed by atoms with van der Waals surface area (Å²) in [5, 5.41) is 0. The van der Waals surface area contributed by atoms with Crippen LogP contribution in [0.5, 0.6) is 0 Å². The van der Waals surface area contributed by atoms with Gasteiger partial charge in [-0.25, -0.2) is 0 Å². The Morgan fingerprint density at radius 3 is 2.30 bits per heavy atom. The van der Waals surface area contributed by atoms with Crippen LogP contribution in [-0.2, 0) is 11.2 Å². The molecule has 0 saturated heterocycles. The van der Waals surface area contributed by atoms with E-state index >= 15 is 0 Å². The molecule has 1 heterocycles. The van der Waals surface area contributed by atoms with Crippen molar-refractivity contribution in [1.82, 2.24) is 4.98 Å². The summed E-state index contributed by atoms with van der Waals surface area (Å²) in [7, 11) is 1.75. The number of hydrogen-bond donors (Lipinski definition) is 0. The van der Waals surface area contributed by atoms with Gasteiger partial charge < -0.3 is 4.74 Å². The molecule has 0 amide bonds. The Morgan fingerprint density at radius 2 is 1.70 bits per heavy atom. The Balaban J connectivity index is 2.23. The molecule has 1 atom stereocenters. The van der Waals surface area contributed by atoms with Crippen LogP contribution in [0.4, 0.5) is 0 Å². The summed E-state index contributed by atoms with van der Waals surface area (Å²) in [6, 6.07) is 13.0. The number of ether oxygens (including phenoxy) is 1. The Kier molecular flexibility index (Phi) is 4.91. The van der Waals surface area contributed by atoms with Crippen molar-refractivity contribution in [1.29, 1.82) is 0 Å². The molecule has 1 aromatic heterocycles. The lowest BCUT2D eigenvalue weighted by Crippen LogP contribution is -2.12. The predicted molar refractivity (Wildman–Crippen MR) is 83.2 cm³/mol. The molecule has 106 valence electrons. The first-order valence-electron chi connectivity index (χ1n) is 7.08. The Hall–Kier alpha value is -1.67. The highest BCUT2D eigenvalue weighted by atomic mass is 16.5. The van der Waals surface area contributed by atoms with Crippen LogP contribution in [0, 0.1) is 20.8 Å².